The van der Waals surface area contributed by atoms with Crippen LogP contribution < -0.4 is 5.32 Å². The lowest BCUT2D eigenvalue weighted by Gasteiger charge is -2.05. The molecule has 2 rings (SSSR count). The van der Waals surface area contributed by atoms with Crippen molar-refractivity contribution in [1.29, 1.82) is 5.26 Å². The molecule has 0 unspecified atom stereocenters. The third-order valence-electron chi connectivity index (χ3n) is 2.66. The van der Waals surface area contributed by atoms with Crippen molar-refractivity contribution < 1.29 is 9.90 Å². The van der Waals surface area contributed by atoms with Crippen LogP contribution in [0.2, 0.25) is 5.02 Å². The first-order valence-electron chi connectivity index (χ1n) is 5.52. The van der Waals surface area contributed by atoms with Crippen molar-refractivity contribution in [3.05, 3.63) is 40.6 Å². The first-order chi connectivity index (χ1) is 8.61. The smallest absolute Gasteiger partial charge is 0.269 e. The number of benzene rings is 1. The molecule has 0 saturated heterocycles. The molecular formula is C13H11ClN2O2. The van der Waals surface area contributed by atoms with Crippen LogP contribution >= 0.6 is 11.6 Å². The number of hydrogen-bond donors (Lipinski definition) is 2. The highest BCUT2D eigenvalue weighted by Gasteiger charge is 2.30. The fourth-order valence-corrected chi connectivity index (χ4v) is 1.64. The van der Waals surface area contributed by atoms with E-state index in [1.54, 1.807) is 30.3 Å². The van der Waals surface area contributed by atoms with Crippen molar-refractivity contribution in [3.63, 3.8) is 0 Å². The minimum Gasteiger partial charge on any atom is -0.510 e. The van der Waals surface area contributed by atoms with Gasteiger partial charge in [0.25, 0.3) is 5.91 Å². The van der Waals surface area contributed by atoms with Crippen molar-refractivity contribution in [2.24, 2.45) is 5.92 Å². The molecule has 1 fully saturated rings. The van der Waals surface area contributed by atoms with Crippen molar-refractivity contribution in [2.45, 2.75) is 12.8 Å². The van der Waals surface area contributed by atoms with Crippen LogP contribution in [0.15, 0.2) is 35.6 Å². The van der Waals surface area contributed by atoms with Crippen molar-refractivity contribution in [1.82, 2.24) is 0 Å². The Hall–Kier alpha value is -1.99. The number of allylic oxidation sites excluding steroid dienone is 1. The van der Waals surface area contributed by atoms with Gasteiger partial charge >= 0.3 is 0 Å². The molecule has 1 aromatic rings. The Bertz CT molecular complexity index is 539. The molecule has 1 aliphatic carbocycles. The monoisotopic (exact) mass is 262 g/mol. The summed E-state index contributed by atoms with van der Waals surface area (Å²) in [6.07, 6.45) is 1.65. The topological polar surface area (TPSA) is 73.1 Å². The number of aliphatic hydroxyl groups excluding tert-OH is 1. The molecule has 0 aromatic heterocycles. The maximum absolute atomic E-state index is 11.8. The van der Waals surface area contributed by atoms with E-state index in [0.717, 1.165) is 12.8 Å². The van der Waals surface area contributed by atoms with Gasteiger partial charge in [0.1, 0.15) is 11.8 Å². The van der Waals surface area contributed by atoms with E-state index in [9.17, 15) is 9.90 Å². The van der Waals surface area contributed by atoms with E-state index in [1.165, 1.54) is 0 Å². The quantitative estimate of drug-likeness (QED) is 0.500. The van der Waals surface area contributed by atoms with Crippen LogP contribution in [-0.2, 0) is 4.79 Å². The number of nitrogens with zero attached hydrogens (tertiary/aromatic N) is 1. The fraction of sp³-hybridized carbons (Fsp3) is 0.231. The molecule has 0 atom stereocenters. The van der Waals surface area contributed by atoms with Crippen molar-refractivity contribution >= 4 is 23.2 Å². The summed E-state index contributed by atoms with van der Waals surface area (Å²) < 4.78 is 0. The number of amides is 1. The fourth-order valence-electron chi connectivity index (χ4n) is 1.51. The highest BCUT2D eigenvalue weighted by molar-refractivity contribution is 6.30. The summed E-state index contributed by atoms with van der Waals surface area (Å²) in [6.45, 7) is 0. The molecule has 0 radical (unpaired) electrons. The largest absolute Gasteiger partial charge is 0.510 e. The highest BCUT2D eigenvalue weighted by Crippen LogP contribution is 2.36. The van der Waals surface area contributed by atoms with E-state index in [4.69, 9.17) is 16.9 Å². The van der Waals surface area contributed by atoms with Gasteiger partial charge in [0.15, 0.2) is 5.57 Å². The number of aliphatic hydroxyl groups is 1. The molecule has 0 spiro atoms. The lowest BCUT2D eigenvalue weighted by molar-refractivity contribution is -0.112. The standard InChI is InChI=1S/C13H11ClN2O2/c14-9-3-5-10(6-4-9)16-13(18)11(7-15)12(17)8-1-2-8/h3-6,8,17H,1-2H2,(H,16,18)/b12-11-. The summed E-state index contributed by atoms with van der Waals surface area (Å²) in [6, 6.07) is 8.27. The van der Waals surface area contributed by atoms with Crippen LogP contribution in [0.1, 0.15) is 12.8 Å². The number of anilines is 1. The van der Waals surface area contributed by atoms with E-state index < -0.39 is 5.91 Å². The molecule has 18 heavy (non-hydrogen) atoms. The van der Waals surface area contributed by atoms with Gasteiger partial charge in [-0.15, -0.1) is 0 Å². The van der Waals surface area contributed by atoms with Gasteiger partial charge in [-0.05, 0) is 37.1 Å². The van der Waals surface area contributed by atoms with Gasteiger partial charge in [-0.25, -0.2) is 0 Å². The highest BCUT2D eigenvalue weighted by atomic mass is 35.5. The summed E-state index contributed by atoms with van der Waals surface area (Å²) >= 11 is 5.72. The molecular weight excluding hydrogens is 252 g/mol. The van der Waals surface area contributed by atoms with Gasteiger partial charge in [0, 0.05) is 16.6 Å². The third kappa shape index (κ3) is 2.82. The maximum atomic E-state index is 11.8. The summed E-state index contributed by atoms with van der Waals surface area (Å²) in [5, 5.41) is 21.7. The molecule has 1 amide bonds. The van der Waals surface area contributed by atoms with Gasteiger partial charge in [0.2, 0.25) is 0 Å². The first kappa shape index (κ1) is 12.5. The Labute approximate surface area is 109 Å². The summed E-state index contributed by atoms with van der Waals surface area (Å²) in [7, 11) is 0. The molecule has 0 heterocycles. The van der Waals surface area contributed by atoms with Crippen LogP contribution in [0.3, 0.4) is 0 Å². The van der Waals surface area contributed by atoms with Crippen molar-refractivity contribution in [3.8, 4) is 6.07 Å². The number of nitriles is 1. The normalized spacial score (nSPS) is 15.6. The van der Waals surface area contributed by atoms with Gasteiger partial charge < -0.3 is 10.4 Å². The Balaban J connectivity index is 2.14. The maximum Gasteiger partial charge on any atom is 0.269 e. The van der Waals surface area contributed by atoms with Crippen LogP contribution in [0.25, 0.3) is 0 Å². The summed E-state index contributed by atoms with van der Waals surface area (Å²) in [5.41, 5.74) is 0.313. The van der Waals surface area contributed by atoms with E-state index in [1.807, 2.05) is 0 Å². The number of halogens is 1. The molecule has 5 heteroatoms. The molecule has 4 nitrogen and oxygen atoms in total. The molecule has 1 aromatic carbocycles. The van der Waals surface area contributed by atoms with Gasteiger partial charge in [0.05, 0.1) is 0 Å². The predicted octanol–water partition coefficient (Wildman–Crippen LogP) is 3.02. The van der Waals surface area contributed by atoms with Crippen LogP contribution in [0.5, 0.6) is 0 Å². The minimum absolute atomic E-state index is 0.0318. The number of rotatable bonds is 3. The average Bonchev–Trinajstić information content (AvgIpc) is 3.17. The Morgan fingerprint density at radius 3 is 2.50 bits per heavy atom. The second-order valence-electron chi connectivity index (χ2n) is 4.11. The Morgan fingerprint density at radius 1 is 1.39 bits per heavy atom. The van der Waals surface area contributed by atoms with Gasteiger partial charge in [-0.2, -0.15) is 5.26 Å². The summed E-state index contributed by atoms with van der Waals surface area (Å²) in [5.74, 6) is -0.733. The van der Waals surface area contributed by atoms with Gasteiger partial charge in [-0.1, -0.05) is 11.6 Å². The molecule has 0 bridgehead atoms. The predicted molar refractivity (Wildman–Crippen MR) is 68.1 cm³/mol. The second-order valence-corrected chi connectivity index (χ2v) is 4.54. The molecule has 1 aliphatic rings. The van der Waals surface area contributed by atoms with Crippen LogP contribution in [0.4, 0.5) is 5.69 Å². The number of hydrogen-bond acceptors (Lipinski definition) is 3. The van der Waals surface area contributed by atoms with Crippen LogP contribution in [0, 0.1) is 17.2 Å². The molecule has 1 saturated carbocycles. The van der Waals surface area contributed by atoms with E-state index in [2.05, 4.69) is 5.32 Å². The zero-order valence-corrected chi connectivity index (χ0v) is 10.2. The lowest BCUT2D eigenvalue weighted by atomic mass is 10.1. The molecule has 92 valence electrons. The third-order valence-corrected chi connectivity index (χ3v) is 2.91. The zero-order chi connectivity index (χ0) is 13.1. The summed E-state index contributed by atoms with van der Waals surface area (Å²) in [4.78, 5) is 11.8. The van der Waals surface area contributed by atoms with Gasteiger partial charge in [-0.3, -0.25) is 4.79 Å². The average molecular weight is 263 g/mol. The van der Waals surface area contributed by atoms with E-state index in [-0.39, 0.29) is 17.3 Å². The lowest BCUT2D eigenvalue weighted by Crippen LogP contribution is -2.15. The number of nitrogens with one attached hydrogen (secondary N) is 1. The molecule has 2 N–H and O–H groups in total. The Kier molecular flexibility index (Phi) is 3.54. The second kappa shape index (κ2) is 5.11. The molecule has 0 aliphatic heterocycles. The number of carbonyl (C=O) groups excluding carboxylic acids is 1. The van der Waals surface area contributed by atoms with E-state index >= 15 is 0 Å². The number of carbonyl (C=O) groups is 1. The van der Waals surface area contributed by atoms with Crippen LogP contribution in [-0.4, -0.2) is 11.0 Å². The van der Waals surface area contributed by atoms with Crippen molar-refractivity contribution in [2.75, 3.05) is 5.32 Å². The van der Waals surface area contributed by atoms with E-state index in [0.29, 0.717) is 10.7 Å². The minimum atomic E-state index is -0.593. The SMILES string of the molecule is N#C/C(C(=O)Nc1ccc(Cl)cc1)=C(/O)C1CC1. The Morgan fingerprint density at radius 2 is 2.00 bits per heavy atom. The zero-order valence-electron chi connectivity index (χ0n) is 9.48. The first-order valence-corrected chi connectivity index (χ1v) is 5.89.